The second kappa shape index (κ2) is 7.41. The monoisotopic (exact) mass is 349 g/mol. The zero-order valence-electron chi connectivity index (χ0n) is 14.1. The van der Waals surface area contributed by atoms with E-state index in [0.717, 1.165) is 18.0 Å². The summed E-state index contributed by atoms with van der Waals surface area (Å²) >= 11 is 0. The molecule has 25 heavy (non-hydrogen) atoms. The topological polar surface area (TPSA) is 58.5 Å². The van der Waals surface area contributed by atoms with Gasteiger partial charge in [0, 0.05) is 20.4 Å². The van der Waals surface area contributed by atoms with Crippen LogP contribution in [0.5, 0.6) is 0 Å². The average molecular weight is 349 g/mol. The first-order chi connectivity index (χ1) is 12.0. The lowest BCUT2D eigenvalue weighted by atomic mass is 9.94. The van der Waals surface area contributed by atoms with Crippen LogP contribution in [0.1, 0.15) is 24.5 Å². The number of benzene rings is 1. The molecule has 0 saturated heterocycles. The van der Waals surface area contributed by atoms with Crippen LogP contribution in [0.3, 0.4) is 0 Å². The smallest absolute Gasteiger partial charge is 0.159 e. The molecule has 0 radical (unpaired) electrons. The summed E-state index contributed by atoms with van der Waals surface area (Å²) in [6, 6.07) is 5.35. The van der Waals surface area contributed by atoms with Crippen molar-refractivity contribution in [2.45, 2.75) is 31.1 Å². The fraction of sp³-hybridized carbons (Fsp3) is 0.444. The van der Waals surface area contributed by atoms with Gasteiger partial charge in [-0.3, -0.25) is 0 Å². The maximum atomic E-state index is 13.5. The Labute approximate surface area is 145 Å². The van der Waals surface area contributed by atoms with E-state index in [-0.39, 0.29) is 18.1 Å². The van der Waals surface area contributed by atoms with Crippen LogP contribution >= 0.6 is 0 Å². The average Bonchev–Trinajstić information content (AvgIpc) is 3.08. The van der Waals surface area contributed by atoms with E-state index in [1.807, 2.05) is 18.0 Å². The van der Waals surface area contributed by atoms with Crippen molar-refractivity contribution in [3.63, 3.8) is 0 Å². The first-order valence-electron chi connectivity index (χ1n) is 8.16. The van der Waals surface area contributed by atoms with Crippen molar-refractivity contribution in [2.75, 3.05) is 19.1 Å². The van der Waals surface area contributed by atoms with Gasteiger partial charge in [0.1, 0.15) is 12.1 Å². The van der Waals surface area contributed by atoms with Gasteiger partial charge >= 0.3 is 0 Å². The SMILES string of the molecule is CO[C@@H]1C[C@@H]([C@@H](O)c2ccc(F)c(F)c2)C[C@H]1N(C)c1ccncn1. The third kappa shape index (κ3) is 3.62. The Balaban J connectivity index is 1.77. The van der Waals surface area contributed by atoms with Gasteiger partial charge in [0.15, 0.2) is 11.6 Å². The molecule has 4 atom stereocenters. The lowest BCUT2D eigenvalue weighted by molar-refractivity contribution is 0.0722. The molecule has 1 saturated carbocycles. The van der Waals surface area contributed by atoms with E-state index < -0.39 is 17.7 Å². The number of nitrogens with zero attached hydrogens (tertiary/aromatic N) is 3. The molecular formula is C18H21F2N3O2. The molecule has 3 rings (SSSR count). The fourth-order valence-electron chi connectivity index (χ4n) is 3.56. The van der Waals surface area contributed by atoms with Crippen LogP contribution in [0.2, 0.25) is 0 Å². The molecule has 1 aliphatic carbocycles. The minimum Gasteiger partial charge on any atom is -0.388 e. The highest BCUT2D eigenvalue weighted by molar-refractivity contribution is 5.38. The number of aliphatic hydroxyl groups is 1. The van der Waals surface area contributed by atoms with Gasteiger partial charge in [-0.1, -0.05) is 6.07 Å². The number of hydrogen-bond acceptors (Lipinski definition) is 5. The molecule has 2 aromatic rings. The van der Waals surface area contributed by atoms with Gasteiger partial charge in [-0.2, -0.15) is 0 Å². The lowest BCUT2D eigenvalue weighted by Gasteiger charge is -2.29. The fourth-order valence-corrected chi connectivity index (χ4v) is 3.56. The molecule has 1 aromatic carbocycles. The van der Waals surface area contributed by atoms with E-state index in [4.69, 9.17) is 4.74 Å². The lowest BCUT2D eigenvalue weighted by Crippen LogP contribution is -2.39. The quantitative estimate of drug-likeness (QED) is 0.899. The Morgan fingerprint density at radius 1 is 1.24 bits per heavy atom. The zero-order chi connectivity index (χ0) is 18.0. The normalized spacial score (nSPS) is 24.3. The molecule has 0 aliphatic heterocycles. The number of halogens is 2. The summed E-state index contributed by atoms with van der Waals surface area (Å²) in [4.78, 5) is 10.2. The number of anilines is 1. The number of ether oxygens (including phenoxy) is 1. The largest absolute Gasteiger partial charge is 0.388 e. The number of aromatic nitrogens is 2. The van der Waals surface area contributed by atoms with E-state index >= 15 is 0 Å². The van der Waals surface area contributed by atoms with E-state index in [9.17, 15) is 13.9 Å². The number of likely N-dealkylation sites (N-methyl/N-ethyl adjacent to an activating group) is 1. The van der Waals surface area contributed by atoms with Crippen LogP contribution in [0.25, 0.3) is 0 Å². The molecule has 1 heterocycles. The van der Waals surface area contributed by atoms with Crippen molar-refractivity contribution in [2.24, 2.45) is 5.92 Å². The van der Waals surface area contributed by atoms with Gasteiger partial charge < -0.3 is 14.7 Å². The molecule has 134 valence electrons. The number of aliphatic hydroxyl groups excluding tert-OH is 1. The Hall–Kier alpha value is -2.12. The second-order valence-electron chi connectivity index (χ2n) is 6.37. The summed E-state index contributed by atoms with van der Waals surface area (Å²) in [5, 5.41) is 10.6. The highest BCUT2D eigenvalue weighted by Crippen LogP contribution is 2.40. The summed E-state index contributed by atoms with van der Waals surface area (Å²) < 4.78 is 32.2. The van der Waals surface area contributed by atoms with Gasteiger partial charge in [0.05, 0.1) is 18.2 Å². The molecule has 1 N–H and O–H groups in total. The molecule has 0 unspecified atom stereocenters. The van der Waals surface area contributed by atoms with Crippen molar-refractivity contribution >= 4 is 5.82 Å². The Bertz CT molecular complexity index is 717. The van der Waals surface area contributed by atoms with Crippen molar-refractivity contribution in [1.82, 2.24) is 9.97 Å². The summed E-state index contributed by atoms with van der Waals surface area (Å²) in [6.07, 6.45) is 3.46. The molecule has 5 nitrogen and oxygen atoms in total. The predicted octanol–water partition coefficient (Wildman–Crippen LogP) is 2.72. The summed E-state index contributed by atoms with van der Waals surface area (Å²) in [5.41, 5.74) is 0.379. The third-order valence-electron chi connectivity index (χ3n) is 4.97. The molecule has 0 amide bonds. The first kappa shape index (κ1) is 17.7. The number of methoxy groups -OCH3 is 1. The minimum atomic E-state index is -0.951. The van der Waals surface area contributed by atoms with Gasteiger partial charge in [-0.25, -0.2) is 18.7 Å². The van der Waals surface area contributed by atoms with Gasteiger partial charge in [0.25, 0.3) is 0 Å². The second-order valence-corrected chi connectivity index (χ2v) is 6.37. The number of rotatable bonds is 5. The van der Waals surface area contributed by atoms with Crippen molar-refractivity contribution < 1.29 is 18.6 Å². The van der Waals surface area contributed by atoms with E-state index in [0.29, 0.717) is 18.4 Å². The molecule has 0 spiro atoms. The van der Waals surface area contributed by atoms with Gasteiger partial charge in [0.2, 0.25) is 0 Å². The highest BCUT2D eigenvalue weighted by atomic mass is 19.2. The molecular weight excluding hydrogens is 328 g/mol. The molecule has 1 fully saturated rings. The van der Waals surface area contributed by atoms with Crippen LogP contribution < -0.4 is 4.90 Å². The van der Waals surface area contributed by atoms with Crippen LogP contribution in [-0.2, 0) is 4.74 Å². The van der Waals surface area contributed by atoms with Crippen molar-refractivity contribution in [3.8, 4) is 0 Å². The van der Waals surface area contributed by atoms with Crippen molar-refractivity contribution in [3.05, 3.63) is 54.0 Å². The Morgan fingerprint density at radius 2 is 2.04 bits per heavy atom. The van der Waals surface area contributed by atoms with Crippen LogP contribution in [-0.4, -0.2) is 41.4 Å². The van der Waals surface area contributed by atoms with E-state index in [1.165, 1.54) is 12.4 Å². The predicted molar refractivity (Wildman–Crippen MR) is 89.1 cm³/mol. The summed E-state index contributed by atoms with van der Waals surface area (Å²) in [6.45, 7) is 0. The first-order valence-corrected chi connectivity index (χ1v) is 8.16. The van der Waals surface area contributed by atoms with Gasteiger partial charge in [-0.15, -0.1) is 0 Å². The molecule has 0 bridgehead atoms. The van der Waals surface area contributed by atoms with Crippen LogP contribution in [0.15, 0.2) is 36.8 Å². The Kier molecular flexibility index (Phi) is 5.24. The standard InChI is InChI=1S/C18H21F2N3O2/c1-23(17-5-6-21-10-22-17)15-8-12(9-16(15)25-2)18(24)11-3-4-13(19)14(20)7-11/h3-7,10,12,15-16,18,24H,8-9H2,1-2H3/t12-,15+,16+,18-/m0/s1. The summed E-state index contributed by atoms with van der Waals surface area (Å²) in [7, 11) is 3.56. The molecule has 1 aliphatic rings. The van der Waals surface area contributed by atoms with E-state index in [2.05, 4.69) is 9.97 Å². The maximum Gasteiger partial charge on any atom is 0.159 e. The summed E-state index contributed by atoms with van der Waals surface area (Å²) in [5.74, 6) is -1.22. The van der Waals surface area contributed by atoms with Crippen molar-refractivity contribution in [1.29, 1.82) is 0 Å². The van der Waals surface area contributed by atoms with Gasteiger partial charge in [-0.05, 0) is 42.5 Å². The molecule has 1 aromatic heterocycles. The highest BCUT2D eigenvalue weighted by Gasteiger charge is 2.40. The third-order valence-corrected chi connectivity index (χ3v) is 4.97. The minimum absolute atomic E-state index is 0.0184. The van der Waals surface area contributed by atoms with Crippen LogP contribution in [0.4, 0.5) is 14.6 Å². The maximum absolute atomic E-state index is 13.5. The molecule has 7 heteroatoms. The van der Waals surface area contributed by atoms with Crippen LogP contribution in [0, 0.1) is 17.6 Å². The zero-order valence-corrected chi connectivity index (χ0v) is 14.1. The van der Waals surface area contributed by atoms with E-state index in [1.54, 1.807) is 13.3 Å². The Morgan fingerprint density at radius 3 is 2.68 bits per heavy atom. The number of hydrogen-bond donors (Lipinski definition) is 1.